The summed E-state index contributed by atoms with van der Waals surface area (Å²) in [5.74, 6) is 1.00. The van der Waals surface area contributed by atoms with E-state index < -0.39 is 12.2 Å². The molecule has 1 fully saturated rings. The van der Waals surface area contributed by atoms with Gasteiger partial charge in [0.25, 0.3) is 0 Å². The Hall–Kier alpha value is -1.87. The van der Waals surface area contributed by atoms with Crippen molar-refractivity contribution in [2.75, 3.05) is 11.1 Å². The fraction of sp³-hybridized carbons (Fsp3) is 0.353. The van der Waals surface area contributed by atoms with Crippen LogP contribution in [0.2, 0.25) is 5.28 Å². The molecule has 1 aromatic carbocycles. The molecule has 1 aliphatic rings. The van der Waals surface area contributed by atoms with Crippen molar-refractivity contribution in [3.8, 4) is 0 Å². The van der Waals surface area contributed by atoms with Gasteiger partial charge in [0.2, 0.25) is 5.28 Å². The number of benzene rings is 1. The second-order valence-corrected chi connectivity index (χ2v) is 7.78. The molecule has 0 aliphatic carbocycles. The number of aliphatic hydroxyl groups is 2. The van der Waals surface area contributed by atoms with Crippen molar-refractivity contribution in [2.24, 2.45) is 0 Å². The number of aromatic nitrogens is 4. The number of anilines is 1. The van der Waals surface area contributed by atoms with Crippen molar-refractivity contribution in [1.82, 2.24) is 19.5 Å². The van der Waals surface area contributed by atoms with Crippen LogP contribution in [-0.4, -0.2) is 47.7 Å². The molecule has 2 aromatic heterocycles. The fourth-order valence-electron chi connectivity index (χ4n) is 3.04. The first-order valence-corrected chi connectivity index (χ1v) is 9.63. The molecule has 0 radical (unpaired) electrons. The van der Waals surface area contributed by atoms with E-state index in [4.69, 9.17) is 11.6 Å². The molecule has 7 nitrogen and oxygen atoms in total. The largest absolute Gasteiger partial charge is 0.389 e. The predicted molar refractivity (Wildman–Crippen MR) is 102 cm³/mol. The number of nitrogens with zero attached hydrogens (tertiary/aromatic N) is 4. The van der Waals surface area contributed by atoms with Crippen LogP contribution in [0.1, 0.15) is 16.5 Å². The zero-order valence-corrected chi connectivity index (χ0v) is 15.6. The molecule has 9 heteroatoms. The van der Waals surface area contributed by atoms with Crippen LogP contribution in [0.4, 0.5) is 5.82 Å². The molecular formula is C17H18ClN5O2S. The molecule has 136 valence electrons. The lowest BCUT2D eigenvalue weighted by Gasteiger charge is -2.17. The Morgan fingerprint density at radius 3 is 2.92 bits per heavy atom. The van der Waals surface area contributed by atoms with Gasteiger partial charge in [-0.15, -0.1) is 11.8 Å². The Morgan fingerprint density at radius 2 is 2.19 bits per heavy atom. The van der Waals surface area contributed by atoms with Crippen LogP contribution < -0.4 is 5.32 Å². The van der Waals surface area contributed by atoms with Gasteiger partial charge in [0.15, 0.2) is 17.0 Å². The average molecular weight is 392 g/mol. The topological polar surface area (TPSA) is 96.1 Å². The Labute approximate surface area is 159 Å². The second-order valence-electron chi connectivity index (χ2n) is 6.29. The molecule has 0 amide bonds. The van der Waals surface area contributed by atoms with Gasteiger partial charge in [-0.1, -0.05) is 29.8 Å². The smallest absolute Gasteiger partial charge is 0.226 e. The molecule has 3 N–H and O–H groups in total. The highest BCUT2D eigenvalue weighted by atomic mass is 35.5. The summed E-state index contributed by atoms with van der Waals surface area (Å²) < 4.78 is 1.74. The van der Waals surface area contributed by atoms with Gasteiger partial charge in [-0.25, -0.2) is 4.98 Å². The highest BCUT2D eigenvalue weighted by molar-refractivity contribution is 7.99. The Balaban J connectivity index is 1.66. The molecule has 3 heterocycles. The van der Waals surface area contributed by atoms with E-state index in [0.29, 0.717) is 29.3 Å². The lowest BCUT2D eigenvalue weighted by Crippen LogP contribution is -2.27. The van der Waals surface area contributed by atoms with Crippen molar-refractivity contribution in [2.45, 2.75) is 31.1 Å². The van der Waals surface area contributed by atoms with Crippen LogP contribution in [0.15, 0.2) is 30.6 Å². The van der Waals surface area contributed by atoms with E-state index in [1.165, 1.54) is 17.3 Å². The first kappa shape index (κ1) is 17.5. The van der Waals surface area contributed by atoms with Crippen molar-refractivity contribution < 1.29 is 10.2 Å². The van der Waals surface area contributed by atoms with Crippen LogP contribution in [-0.2, 0) is 6.54 Å². The number of hydrogen-bond acceptors (Lipinski definition) is 7. The third-order valence-corrected chi connectivity index (χ3v) is 5.89. The predicted octanol–water partition coefficient (Wildman–Crippen LogP) is 2.37. The first-order chi connectivity index (χ1) is 12.5. The minimum absolute atomic E-state index is 0.101. The molecular weight excluding hydrogens is 374 g/mol. The second kappa shape index (κ2) is 7.03. The summed E-state index contributed by atoms with van der Waals surface area (Å²) in [5, 5.41) is 23.0. The maximum atomic E-state index is 10.2. The maximum absolute atomic E-state index is 10.2. The van der Waals surface area contributed by atoms with Gasteiger partial charge >= 0.3 is 0 Å². The third-order valence-electron chi connectivity index (χ3n) is 4.33. The van der Waals surface area contributed by atoms with E-state index in [9.17, 15) is 10.2 Å². The van der Waals surface area contributed by atoms with Gasteiger partial charge in [-0.2, -0.15) is 9.97 Å². The molecule has 26 heavy (non-hydrogen) atoms. The summed E-state index contributed by atoms with van der Waals surface area (Å²) in [5.41, 5.74) is 3.42. The number of aryl methyl sites for hydroxylation is 1. The summed E-state index contributed by atoms with van der Waals surface area (Å²) in [6.45, 7) is 2.63. The number of imidazole rings is 1. The van der Waals surface area contributed by atoms with Crippen molar-refractivity contribution in [3.63, 3.8) is 0 Å². The summed E-state index contributed by atoms with van der Waals surface area (Å²) in [6, 6.07) is 8.18. The van der Waals surface area contributed by atoms with Gasteiger partial charge in [0.05, 0.1) is 12.4 Å². The molecule has 0 saturated carbocycles. The fourth-order valence-corrected chi connectivity index (χ4v) is 4.49. The Morgan fingerprint density at radius 1 is 1.35 bits per heavy atom. The van der Waals surface area contributed by atoms with Crippen molar-refractivity contribution in [3.05, 3.63) is 47.0 Å². The Kier molecular flexibility index (Phi) is 4.74. The highest BCUT2D eigenvalue weighted by Crippen LogP contribution is 2.38. The van der Waals surface area contributed by atoms with Crippen LogP contribution in [0, 0.1) is 6.92 Å². The molecule has 4 rings (SSSR count). The normalized spacial score (nSPS) is 22.8. The lowest BCUT2D eigenvalue weighted by molar-refractivity contribution is 0.0313. The van der Waals surface area contributed by atoms with E-state index in [2.05, 4.69) is 26.3 Å². The van der Waals surface area contributed by atoms with E-state index in [1.807, 2.05) is 25.1 Å². The number of rotatable bonds is 4. The molecule has 0 spiro atoms. The van der Waals surface area contributed by atoms with E-state index in [0.717, 1.165) is 5.56 Å². The lowest BCUT2D eigenvalue weighted by atomic mass is 10.1. The zero-order valence-electron chi connectivity index (χ0n) is 14.0. The van der Waals surface area contributed by atoms with Gasteiger partial charge in [-0.05, 0) is 24.1 Å². The summed E-state index contributed by atoms with van der Waals surface area (Å²) in [6.07, 6.45) is -0.0413. The minimum atomic E-state index is -0.880. The molecule has 3 atom stereocenters. The Bertz CT molecular complexity index is 950. The van der Waals surface area contributed by atoms with Gasteiger partial charge in [0, 0.05) is 12.3 Å². The number of thioether (sulfide) groups is 1. The molecule has 3 aromatic rings. The first-order valence-electron chi connectivity index (χ1n) is 8.20. The maximum Gasteiger partial charge on any atom is 0.226 e. The van der Waals surface area contributed by atoms with Gasteiger partial charge in [-0.3, -0.25) is 4.57 Å². The van der Waals surface area contributed by atoms with Crippen molar-refractivity contribution >= 4 is 40.3 Å². The number of fused-ring (bicyclic) bond motifs is 1. The number of hydrogen-bond donors (Lipinski definition) is 3. The van der Waals surface area contributed by atoms with Gasteiger partial charge in [0.1, 0.15) is 11.5 Å². The van der Waals surface area contributed by atoms with Crippen molar-refractivity contribution in [1.29, 1.82) is 0 Å². The molecule has 1 saturated heterocycles. The molecule has 3 unspecified atom stereocenters. The zero-order chi connectivity index (χ0) is 18.3. The highest BCUT2D eigenvalue weighted by Gasteiger charge is 2.36. The standard InChI is InChI=1S/C17H18ClN5O2S/c1-9-3-2-4-10(5-9)6-19-14-12-15(22-17(18)21-14)23(8-20-12)16-13(25)11(24)7-26-16/h2-5,8,11,13,16,24-25H,6-7H2,1H3,(H,19,21,22). The summed E-state index contributed by atoms with van der Waals surface area (Å²) in [7, 11) is 0. The van der Waals surface area contributed by atoms with Crippen LogP contribution in [0.25, 0.3) is 11.2 Å². The number of nitrogens with one attached hydrogen (secondary N) is 1. The number of halogens is 1. The summed E-state index contributed by atoms with van der Waals surface area (Å²) >= 11 is 7.56. The van der Waals surface area contributed by atoms with E-state index in [-0.39, 0.29) is 10.7 Å². The SMILES string of the molecule is Cc1cccc(CNc2nc(Cl)nc3c2ncn3C2SCC(O)C2O)c1. The summed E-state index contributed by atoms with van der Waals surface area (Å²) in [4.78, 5) is 12.9. The monoisotopic (exact) mass is 391 g/mol. The van der Waals surface area contributed by atoms with E-state index in [1.54, 1.807) is 10.9 Å². The third kappa shape index (κ3) is 3.25. The number of aliphatic hydroxyl groups excluding tert-OH is 2. The average Bonchev–Trinajstić information content (AvgIpc) is 3.17. The van der Waals surface area contributed by atoms with E-state index >= 15 is 0 Å². The van der Waals surface area contributed by atoms with Crippen LogP contribution in [0.5, 0.6) is 0 Å². The minimum Gasteiger partial charge on any atom is -0.389 e. The molecule has 1 aliphatic heterocycles. The van der Waals surface area contributed by atoms with Crippen LogP contribution in [0.3, 0.4) is 0 Å². The molecule has 0 bridgehead atoms. The van der Waals surface area contributed by atoms with Crippen LogP contribution >= 0.6 is 23.4 Å². The van der Waals surface area contributed by atoms with Gasteiger partial charge < -0.3 is 15.5 Å². The quantitative estimate of drug-likeness (QED) is 0.587.